The molecule has 2 nitrogen and oxygen atoms in total. The van der Waals surface area contributed by atoms with Gasteiger partial charge < -0.3 is 9.52 Å². The van der Waals surface area contributed by atoms with E-state index >= 15 is 0 Å². The zero-order valence-corrected chi connectivity index (χ0v) is 11.6. The van der Waals surface area contributed by atoms with E-state index in [-0.39, 0.29) is 6.10 Å². The third-order valence-electron chi connectivity index (χ3n) is 5.21. The first-order valence-electron chi connectivity index (χ1n) is 7.64. The Morgan fingerprint density at radius 1 is 1.11 bits per heavy atom. The minimum atomic E-state index is -0.0238. The van der Waals surface area contributed by atoms with Crippen molar-refractivity contribution in [2.24, 2.45) is 11.3 Å². The van der Waals surface area contributed by atoms with Crippen LogP contribution in [0.4, 0.5) is 0 Å². The Labute approximate surface area is 115 Å². The van der Waals surface area contributed by atoms with Crippen LogP contribution in [0.2, 0.25) is 0 Å². The Morgan fingerprint density at radius 3 is 2.42 bits per heavy atom. The Hall–Kier alpha value is -1.02. The van der Waals surface area contributed by atoms with Gasteiger partial charge in [-0.25, -0.2) is 0 Å². The van der Waals surface area contributed by atoms with Gasteiger partial charge in [0, 0.05) is 5.56 Å². The molecule has 2 heteroatoms. The van der Waals surface area contributed by atoms with E-state index in [0.717, 1.165) is 18.8 Å². The first-order chi connectivity index (χ1) is 9.26. The van der Waals surface area contributed by atoms with E-state index in [1.807, 2.05) is 6.07 Å². The van der Waals surface area contributed by atoms with Crippen molar-refractivity contribution in [1.29, 1.82) is 0 Å². The van der Waals surface area contributed by atoms with Crippen molar-refractivity contribution >= 4 is 6.08 Å². The molecule has 2 fully saturated rings. The summed E-state index contributed by atoms with van der Waals surface area (Å²) < 4.78 is 5.08. The van der Waals surface area contributed by atoms with Gasteiger partial charge >= 0.3 is 0 Å². The number of rotatable bonds is 2. The third-order valence-corrected chi connectivity index (χ3v) is 5.21. The largest absolute Gasteiger partial charge is 0.472 e. The Morgan fingerprint density at radius 2 is 1.79 bits per heavy atom. The number of furan rings is 1. The maximum Gasteiger partial charge on any atom is 0.0974 e. The number of allylic oxidation sites excluding steroid dienone is 1. The highest BCUT2D eigenvalue weighted by atomic mass is 16.3. The summed E-state index contributed by atoms with van der Waals surface area (Å²) in [4.78, 5) is 0. The normalized spacial score (nSPS) is 36.1. The lowest BCUT2D eigenvalue weighted by atomic mass is 9.63. The number of aliphatic hydroxyl groups excluding tert-OH is 1. The lowest BCUT2D eigenvalue weighted by molar-refractivity contribution is 0.0336. The molecule has 1 heterocycles. The maximum atomic E-state index is 9.64. The van der Waals surface area contributed by atoms with Gasteiger partial charge in [-0.15, -0.1) is 0 Å². The van der Waals surface area contributed by atoms with Crippen molar-refractivity contribution in [3.05, 3.63) is 30.2 Å². The van der Waals surface area contributed by atoms with Gasteiger partial charge in [0.05, 0.1) is 18.6 Å². The first kappa shape index (κ1) is 13.0. The summed E-state index contributed by atoms with van der Waals surface area (Å²) in [5, 5.41) is 9.64. The molecule has 0 saturated heterocycles. The fourth-order valence-electron chi connectivity index (χ4n) is 3.78. The van der Waals surface area contributed by atoms with Crippen molar-refractivity contribution in [3.8, 4) is 0 Å². The van der Waals surface area contributed by atoms with Crippen LogP contribution in [-0.2, 0) is 0 Å². The number of aliphatic hydroxyl groups is 1. The summed E-state index contributed by atoms with van der Waals surface area (Å²) in [6.45, 7) is 0. The molecule has 1 spiro atoms. The molecule has 0 aliphatic heterocycles. The Kier molecular flexibility index (Phi) is 3.79. The van der Waals surface area contributed by atoms with Crippen LogP contribution in [0.5, 0.6) is 0 Å². The van der Waals surface area contributed by atoms with E-state index < -0.39 is 0 Å². The molecule has 2 aliphatic carbocycles. The van der Waals surface area contributed by atoms with E-state index in [1.54, 1.807) is 12.5 Å². The van der Waals surface area contributed by atoms with Gasteiger partial charge in [0.25, 0.3) is 0 Å². The lowest BCUT2D eigenvalue weighted by Crippen LogP contribution is -2.33. The molecule has 3 rings (SSSR count). The van der Waals surface area contributed by atoms with Crippen LogP contribution in [-0.4, -0.2) is 11.2 Å². The standard InChI is InChI=1S/C17H24O2/c18-16-5-10-17(11-6-16)8-3-14(4-9-17)1-2-15-7-12-19-13-15/h1-2,7,12-14,16,18H,3-6,8-11H2/b2-1+. The van der Waals surface area contributed by atoms with Crippen LogP contribution in [0, 0.1) is 11.3 Å². The highest BCUT2D eigenvalue weighted by Gasteiger charge is 2.37. The zero-order valence-electron chi connectivity index (χ0n) is 11.6. The van der Waals surface area contributed by atoms with Gasteiger partial charge in [0.15, 0.2) is 0 Å². The van der Waals surface area contributed by atoms with Crippen molar-refractivity contribution in [2.75, 3.05) is 0 Å². The van der Waals surface area contributed by atoms with Crippen LogP contribution in [0.1, 0.15) is 56.9 Å². The number of hydrogen-bond donors (Lipinski definition) is 1. The Bertz CT molecular complexity index is 400. The molecule has 0 bridgehead atoms. The summed E-state index contributed by atoms with van der Waals surface area (Å²) in [5.74, 6) is 0.729. The van der Waals surface area contributed by atoms with Crippen LogP contribution in [0.3, 0.4) is 0 Å². The van der Waals surface area contributed by atoms with E-state index in [1.165, 1.54) is 44.1 Å². The predicted molar refractivity (Wildman–Crippen MR) is 76.6 cm³/mol. The maximum absolute atomic E-state index is 9.64. The van der Waals surface area contributed by atoms with Gasteiger partial charge in [-0.3, -0.25) is 0 Å². The van der Waals surface area contributed by atoms with Gasteiger partial charge in [-0.2, -0.15) is 0 Å². The second-order valence-electron chi connectivity index (χ2n) is 6.48. The number of hydrogen-bond acceptors (Lipinski definition) is 2. The minimum Gasteiger partial charge on any atom is -0.472 e. The van der Waals surface area contributed by atoms with Crippen LogP contribution in [0.15, 0.2) is 29.1 Å². The molecule has 0 aromatic carbocycles. The lowest BCUT2D eigenvalue weighted by Gasteiger charge is -2.43. The van der Waals surface area contributed by atoms with E-state index in [0.29, 0.717) is 5.41 Å². The van der Waals surface area contributed by atoms with Gasteiger partial charge in [0.2, 0.25) is 0 Å². The predicted octanol–water partition coefficient (Wildman–Crippen LogP) is 4.40. The SMILES string of the molecule is OC1CCC2(CC1)CCC(/C=C/c1ccoc1)CC2. The summed E-state index contributed by atoms with van der Waals surface area (Å²) in [6.07, 6.45) is 17.9. The smallest absolute Gasteiger partial charge is 0.0974 e. The first-order valence-corrected chi connectivity index (χ1v) is 7.64. The molecule has 1 aromatic heterocycles. The molecule has 1 aromatic rings. The van der Waals surface area contributed by atoms with Crippen molar-refractivity contribution < 1.29 is 9.52 Å². The second kappa shape index (κ2) is 5.54. The molecule has 2 saturated carbocycles. The fourth-order valence-corrected chi connectivity index (χ4v) is 3.78. The molecular formula is C17H24O2. The molecular weight excluding hydrogens is 236 g/mol. The van der Waals surface area contributed by atoms with Crippen LogP contribution in [0.25, 0.3) is 6.08 Å². The molecule has 0 amide bonds. The quantitative estimate of drug-likeness (QED) is 0.854. The summed E-state index contributed by atoms with van der Waals surface area (Å²) in [7, 11) is 0. The summed E-state index contributed by atoms with van der Waals surface area (Å²) in [5.41, 5.74) is 1.74. The molecule has 104 valence electrons. The van der Waals surface area contributed by atoms with Crippen LogP contribution >= 0.6 is 0 Å². The van der Waals surface area contributed by atoms with Gasteiger partial charge in [-0.05, 0) is 68.8 Å². The molecule has 0 radical (unpaired) electrons. The van der Waals surface area contributed by atoms with Gasteiger partial charge in [-0.1, -0.05) is 12.2 Å². The van der Waals surface area contributed by atoms with E-state index in [9.17, 15) is 5.11 Å². The van der Waals surface area contributed by atoms with Crippen molar-refractivity contribution in [2.45, 2.75) is 57.5 Å². The molecule has 2 aliphatic rings. The third kappa shape index (κ3) is 3.11. The van der Waals surface area contributed by atoms with Crippen molar-refractivity contribution in [1.82, 2.24) is 0 Å². The summed E-state index contributed by atoms with van der Waals surface area (Å²) >= 11 is 0. The van der Waals surface area contributed by atoms with Gasteiger partial charge in [0.1, 0.15) is 0 Å². The van der Waals surface area contributed by atoms with E-state index in [4.69, 9.17) is 4.42 Å². The van der Waals surface area contributed by atoms with E-state index in [2.05, 4.69) is 12.2 Å². The zero-order chi connectivity index (χ0) is 13.1. The average Bonchev–Trinajstić information content (AvgIpc) is 2.95. The summed E-state index contributed by atoms with van der Waals surface area (Å²) in [6, 6.07) is 2.00. The molecule has 0 unspecified atom stereocenters. The Balaban J connectivity index is 1.52. The molecule has 0 atom stereocenters. The molecule has 1 N–H and O–H groups in total. The van der Waals surface area contributed by atoms with Crippen molar-refractivity contribution in [3.63, 3.8) is 0 Å². The molecule has 19 heavy (non-hydrogen) atoms. The highest BCUT2D eigenvalue weighted by Crippen LogP contribution is 2.49. The fraction of sp³-hybridized carbons (Fsp3) is 0.647. The average molecular weight is 260 g/mol. The topological polar surface area (TPSA) is 33.4 Å². The van der Waals surface area contributed by atoms with Crippen LogP contribution < -0.4 is 0 Å². The minimum absolute atomic E-state index is 0.0238. The second-order valence-corrected chi connectivity index (χ2v) is 6.48. The monoisotopic (exact) mass is 260 g/mol. The highest BCUT2D eigenvalue weighted by molar-refractivity contribution is 5.47.